The van der Waals surface area contributed by atoms with Gasteiger partial charge >= 0.3 is 0 Å². The van der Waals surface area contributed by atoms with E-state index in [9.17, 15) is 18.6 Å². The van der Waals surface area contributed by atoms with Crippen LogP contribution >= 0.6 is 0 Å². The minimum atomic E-state index is -2.92. The van der Waals surface area contributed by atoms with Crippen molar-refractivity contribution in [2.45, 2.75) is 25.0 Å². The molecule has 0 radical (unpaired) electrons. The van der Waals surface area contributed by atoms with Crippen LogP contribution in [0.25, 0.3) is 11.1 Å². The van der Waals surface area contributed by atoms with Gasteiger partial charge in [-0.25, -0.2) is 13.4 Å². The molecule has 8 heteroatoms. The van der Waals surface area contributed by atoms with Crippen molar-refractivity contribution in [1.29, 1.82) is 0 Å². The third-order valence-corrected chi connectivity index (χ3v) is 7.22. The van der Waals surface area contributed by atoms with E-state index in [4.69, 9.17) is 0 Å². The van der Waals surface area contributed by atoms with Gasteiger partial charge in [-0.05, 0) is 35.7 Å². The molecule has 1 saturated heterocycles. The van der Waals surface area contributed by atoms with Gasteiger partial charge < -0.3 is 19.7 Å². The van der Waals surface area contributed by atoms with Gasteiger partial charge in [-0.1, -0.05) is 48.2 Å². The molecule has 184 valence electrons. The van der Waals surface area contributed by atoms with Crippen LogP contribution in [0.4, 0.5) is 0 Å². The van der Waals surface area contributed by atoms with Gasteiger partial charge in [0, 0.05) is 49.8 Å². The Labute approximate surface area is 207 Å². The molecule has 0 bridgehead atoms. The van der Waals surface area contributed by atoms with Crippen molar-refractivity contribution in [3.05, 3.63) is 77.9 Å². The van der Waals surface area contributed by atoms with Crippen molar-refractivity contribution < 1.29 is 18.6 Å². The Morgan fingerprint density at radius 3 is 2.29 bits per heavy atom. The van der Waals surface area contributed by atoms with Crippen LogP contribution in [0.15, 0.2) is 60.9 Å². The number of nitrogens with zero attached hydrogens (tertiary/aromatic N) is 3. The first-order valence-electron chi connectivity index (χ1n) is 11.7. The Hall–Kier alpha value is -2.96. The number of hydrogen-bond donors (Lipinski definition) is 2. The summed E-state index contributed by atoms with van der Waals surface area (Å²) in [5.74, 6) is 7.32. The molecule has 7 nitrogen and oxygen atoms in total. The van der Waals surface area contributed by atoms with Crippen molar-refractivity contribution in [1.82, 2.24) is 14.5 Å². The van der Waals surface area contributed by atoms with E-state index in [0.29, 0.717) is 18.3 Å². The van der Waals surface area contributed by atoms with Gasteiger partial charge in [-0.3, -0.25) is 0 Å². The molecular formula is C27H31N3O4S. The number of rotatable bonds is 8. The van der Waals surface area contributed by atoms with Crippen molar-refractivity contribution in [3.63, 3.8) is 0 Å². The monoisotopic (exact) mass is 493 g/mol. The maximum atomic E-state index is 11.3. The standard InChI is InChI=1S/C27H31N3O4S/c1-20(32)27-28-13-14-30(27)26(19-31)12-5-21-3-6-22(7-4-21)23-8-10-24(11-9-23)25-17-29(18-25)15-16-35(2,33)34/h3-4,6-11,13-14,20,25-26,31-32H,15-19H2,1-2H3/t20-,26-/m0/s1. The third-order valence-electron chi connectivity index (χ3n) is 6.30. The van der Waals surface area contributed by atoms with E-state index >= 15 is 0 Å². The lowest BCUT2D eigenvalue weighted by atomic mass is 9.90. The molecule has 2 atom stereocenters. The molecule has 1 aliphatic heterocycles. The maximum Gasteiger partial charge on any atom is 0.148 e. The van der Waals surface area contributed by atoms with E-state index in [1.165, 1.54) is 11.8 Å². The summed E-state index contributed by atoms with van der Waals surface area (Å²) in [5, 5.41) is 19.6. The lowest BCUT2D eigenvalue weighted by Gasteiger charge is -2.39. The fourth-order valence-electron chi connectivity index (χ4n) is 4.23. The topological polar surface area (TPSA) is 95.7 Å². The van der Waals surface area contributed by atoms with Gasteiger partial charge in [0.1, 0.15) is 27.8 Å². The second-order valence-corrected chi connectivity index (χ2v) is 11.4. The molecule has 0 unspecified atom stereocenters. The summed E-state index contributed by atoms with van der Waals surface area (Å²) in [6.07, 6.45) is 3.84. The maximum absolute atomic E-state index is 11.3. The zero-order valence-corrected chi connectivity index (χ0v) is 20.8. The molecule has 0 amide bonds. The number of aromatic nitrogens is 2. The minimum absolute atomic E-state index is 0.177. The predicted octanol–water partition coefficient (Wildman–Crippen LogP) is 2.63. The van der Waals surface area contributed by atoms with Crippen molar-refractivity contribution in [3.8, 4) is 23.0 Å². The zero-order valence-electron chi connectivity index (χ0n) is 20.0. The summed E-state index contributed by atoms with van der Waals surface area (Å²) in [7, 11) is -2.92. The van der Waals surface area contributed by atoms with Gasteiger partial charge in [0.05, 0.1) is 12.4 Å². The number of aliphatic hydroxyl groups is 2. The average molecular weight is 494 g/mol. The number of hydrogen-bond acceptors (Lipinski definition) is 6. The average Bonchev–Trinajstić information content (AvgIpc) is 3.29. The highest BCUT2D eigenvalue weighted by Gasteiger charge is 2.28. The fraction of sp³-hybridized carbons (Fsp3) is 0.370. The van der Waals surface area contributed by atoms with E-state index in [1.54, 1.807) is 23.9 Å². The van der Waals surface area contributed by atoms with Gasteiger partial charge in [0.25, 0.3) is 0 Å². The summed E-state index contributed by atoms with van der Waals surface area (Å²) in [6, 6.07) is 16.0. The van der Waals surface area contributed by atoms with Crippen LogP contribution < -0.4 is 0 Å². The highest BCUT2D eigenvalue weighted by atomic mass is 32.2. The van der Waals surface area contributed by atoms with Crippen LogP contribution in [0.2, 0.25) is 0 Å². The first kappa shape index (κ1) is 25.1. The summed E-state index contributed by atoms with van der Waals surface area (Å²) in [5.41, 5.74) is 4.33. The number of benzene rings is 2. The smallest absolute Gasteiger partial charge is 0.148 e. The third kappa shape index (κ3) is 6.38. The van der Waals surface area contributed by atoms with Crippen LogP contribution in [0.1, 0.15) is 41.9 Å². The van der Waals surface area contributed by atoms with Gasteiger partial charge in [-0.15, -0.1) is 0 Å². The fourth-order valence-corrected chi connectivity index (χ4v) is 4.82. The molecule has 2 N–H and O–H groups in total. The zero-order chi connectivity index (χ0) is 25.0. The van der Waals surface area contributed by atoms with E-state index in [-0.39, 0.29) is 12.4 Å². The van der Waals surface area contributed by atoms with Crippen LogP contribution in [-0.2, 0) is 9.84 Å². The molecular weight excluding hydrogens is 462 g/mol. The Morgan fingerprint density at radius 1 is 1.09 bits per heavy atom. The second-order valence-electron chi connectivity index (χ2n) is 9.12. The molecule has 3 aromatic rings. The highest BCUT2D eigenvalue weighted by molar-refractivity contribution is 7.90. The minimum Gasteiger partial charge on any atom is -0.393 e. The molecule has 1 aromatic heterocycles. The van der Waals surface area contributed by atoms with Crippen LogP contribution in [0.5, 0.6) is 0 Å². The summed E-state index contributed by atoms with van der Waals surface area (Å²) < 4.78 is 24.4. The summed E-state index contributed by atoms with van der Waals surface area (Å²) in [4.78, 5) is 6.32. The van der Waals surface area contributed by atoms with Crippen LogP contribution in [0.3, 0.4) is 0 Å². The van der Waals surface area contributed by atoms with E-state index in [2.05, 4.69) is 46.0 Å². The number of likely N-dealkylation sites (tertiary alicyclic amines) is 1. The molecule has 1 fully saturated rings. The van der Waals surface area contributed by atoms with Gasteiger partial charge in [0.2, 0.25) is 0 Å². The Morgan fingerprint density at radius 2 is 1.71 bits per heavy atom. The number of aliphatic hydroxyl groups excluding tert-OH is 2. The molecule has 0 aliphatic carbocycles. The van der Waals surface area contributed by atoms with Gasteiger partial charge in [0.15, 0.2) is 0 Å². The lowest BCUT2D eigenvalue weighted by Crippen LogP contribution is -2.46. The summed E-state index contributed by atoms with van der Waals surface area (Å²) >= 11 is 0. The lowest BCUT2D eigenvalue weighted by molar-refractivity contribution is 0.158. The Balaban J connectivity index is 1.37. The number of imidazole rings is 1. The Kier molecular flexibility index (Phi) is 7.72. The van der Waals surface area contributed by atoms with Crippen molar-refractivity contribution in [2.75, 3.05) is 38.2 Å². The highest BCUT2D eigenvalue weighted by Crippen LogP contribution is 2.29. The molecule has 2 heterocycles. The summed E-state index contributed by atoms with van der Waals surface area (Å²) in [6.45, 7) is 3.86. The molecule has 4 rings (SSSR count). The van der Waals surface area contributed by atoms with Gasteiger partial charge in [-0.2, -0.15) is 0 Å². The molecule has 0 spiro atoms. The van der Waals surface area contributed by atoms with Crippen molar-refractivity contribution in [2.24, 2.45) is 0 Å². The Bertz CT molecular complexity index is 1300. The molecule has 2 aromatic carbocycles. The first-order chi connectivity index (χ1) is 16.7. The van der Waals surface area contributed by atoms with Crippen LogP contribution in [-0.4, -0.2) is 71.3 Å². The largest absolute Gasteiger partial charge is 0.393 e. The first-order valence-corrected chi connectivity index (χ1v) is 13.7. The van der Waals surface area contributed by atoms with Crippen molar-refractivity contribution >= 4 is 9.84 Å². The molecule has 0 saturated carbocycles. The second kappa shape index (κ2) is 10.8. The van der Waals surface area contributed by atoms with E-state index < -0.39 is 22.0 Å². The predicted molar refractivity (Wildman–Crippen MR) is 137 cm³/mol. The number of sulfone groups is 1. The van der Waals surface area contributed by atoms with E-state index in [0.717, 1.165) is 29.8 Å². The molecule has 1 aliphatic rings. The van der Waals surface area contributed by atoms with E-state index in [1.807, 2.05) is 24.3 Å². The molecule has 35 heavy (non-hydrogen) atoms. The van der Waals surface area contributed by atoms with Crippen LogP contribution in [0, 0.1) is 11.8 Å². The SMILES string of the molecule is C[C@H](O)c1nccn1[C@@H](C#Cc1ccc(-c2ccc(C3CN(CCS(C)(=O)=O)C3)cc2)cc1)CO. The quantitative estimate of drug-likeness (QED) is 0.469. The normalized spacial score (nSPS) is 16.2.